The van der Waals surface area contributed by atoms with E-state index in [0.717, 1.165) is 45.3 Å². The molecule has 1 saturated carbocycles. The maximum atomic E-state index is 12.6. The molecule has 3 fully saturated rings. The summed E-state index contributed by atoms with van der Waals surface area (Å²) in [6.45, 7) is 3.32. The fraction of sp³-hybridized carbons (Fsp3) is 0.875. The summed E-state index contributed by atoms with van der Waals surface area (Å²) in [5.41, 5.74) is -0.573. The molecule has 3 aliphatic rings. The average molecular weight is 340 g/mol. The van der Waals surface area contributed by atoms with E-state index >= 15 is 0 Å². The molecule has 1 spiro atoms. The molecule has 1 aliphatic carbocycles. The fourth-order valence-electron chi connectivity index (χ4n) is 4.18. The Morgan fingerprint density at radius 3 is 2.48 bits per heavy atom. The quantitative estimate of drug-likeness (QED) is 0.751. The van der Waals surface area contributed by atoms with Gasteiger partial charge in [0.05, 0.1) is 0 Å². The highest BCUT2D eigenvalue weighted by atomic mass is 32.2. The van der Waals surface area contributed by atoms with Crippen LogP contribution in [-0.2, 0) is 4.79 Å². The Balaban J connectivity index is 1.57. The van der Waals surface area contributed by atoms with Crippen LogP contribution in [0.1, 0.15) is 25.7 Å². The monoisotopic (exact) mass is 340 g/mol. The van der Waals surface area contributed by atoms with E-state index in [0.29, 0.717) is 17.8 Å². The highest BCUT2D eigenvalue weighted by molar-refractivity contribution is 7.99. The lowest BCUT2D eigenvalue weighted by atomic mass is 9.98. The molecule has 0 aromatic carbocycles. The van der Waals surface area contributed by atoms with E-state index in [1.807, 2.05) is 11.8 Å². The molecule has 2 heterocycles. The van der Waals surface area contributed by atoms with Gasteiger partial charge < -0.3 is 10.2 Å². The minimum Gasteiger partial charge on any atom is -0.323 e. The zero-order valence-electron chi connectivity index (χ0n) is 14.4. The SMILES string of the molecule is CS[C@@H]1CN(CCN2C(=O)NC3(CCCC3)C2=O)C[C@H]1N(C)C. The number of hydrogen-bond acceptors (Lipinski definition) is 5. The summed E-state index contributed by atoms with van der Waals surface area (Å²) in [6.07, 6.45) is 5.83. The van der Waals surface area contributed by atoms with Gasteiger partial charge in [-0.3, -0.25) is 14.6 Å². The molecule has 0 radical (unpaired) electrons. The highest BCUT2D eigenvalue weighted by Crippen LogP contribution is 2.35. The first-order valence-electron chi connectivity index (χ1n) is 8.52. The molecule has 3 rings (SSSR count). The van der Waals surface area contributed by atoms with Crippen LogP contribution in [0.25, 0.3) is 0 Å². The lowest BCUT2D eigenvalue weighted by Crippen LogP contribution is -2.44. The maximum absolute atomic E-state index is 12.6. The molecule has 0 aromatic heterocycles. The summed E-state index contributed by atoms with van der Waals surface area (Å²) in [7, 11) is 4.25. The molecular weight excluding hydrogens is 312 g/mol. The van der Waals surface area contributed by atoms with Gasteiger partial charge in [0, 0.05) is 37.5 Å². The molecule has 7 heteroatoms. The first-order chi connectivity index (χ1) is 11.0. The van der Waals surface area contributed by atoms with E-state index in [1.54, 1.807) is 0 Å². The van der Waals surface area contributed by atoms with E-state index in [9.17, 15) is 9.59 Å². The number of rotatable bonds is 5. The molecule has 3 amide bonds. The van der Waals surface area contributed by atoms with Gasteiger partial charge in [0.15, 0.2) is 0 Å². The number of thioether (sulfide) groups is 1. The number of likely N-dealkylation sites (N-methyl/N-ethyl adjacent to an activating group) is 1. The molecule has 2 atom stereocenters. The van der Waals surface area contributed by atoms with Crippen molar-refractivity contribution in [2.45, 2.75) is 42.5 Å². The Hall–Kier alpha value is -0.790. The summed E-state index contributed by atoms with van der Waals surface area (Å²) in [5.74, 6) is 0.00442. The Morgan fingerprint density at radius 2 is 1.91 bits per heavy atom. The predicted molar refractivity (Wildman–Crippen MR) is 92.7 cm³/mol. The molecule has 2 saturated heterocycles. The number of carbonyl (C=O) groups excluding carboxylic acids is 2. The lowest BCUT2D eigenvalue weighted by molar-refractivity contribution is -0.131. The molecule has 1 N–H and O–H groups in total. The zero-order valence-corrected chi connectivity index (χ0v) is 15.2. The number of likely N-dealkylation sites (tertiary alicyclic amines) is 1. The van der Waals surface area contributed by atoms with Crippen molar-refractivity contribution in [1.29, 1.82) is 0 Å². The van der Waals surface area contributed by atoms with Gasteiger partial charge in [-0.25, -0.2) is 4.79 Å². The van der Waals surface area contributed by atoms with Crippen LogP contribution in [-0.4, -0.2) is 90.0 Å². The molecule has 6 nitrogen and oxygen atoms in total. The summed E-state index contributed by atoms with van der Waals surface area (Å²) in [4.78, 5) is 31.0. The second kappa shape index (κ2) is 6.61. The summed E-state index contributed by atoms with van der Waals surface area (Å²) >= 11 is 1.90. The number of amides is 3. The lowest BCUT2D eigenvalue weighted by Gasteiger charge is -2.24. The van der Waals surface area contributed by atoms with E-state index in [-0.39, 0.29) is 11.9 Å². The van der Waals surface area contributed by atoms with Crippen molar-refractivity contribution in [3.8, 4) is 0 Å². The predicted octanol–water partition coefficient (Wildman–Crippen LogP) is 0.828. The third-order valence-electron chi connectivity index (χ3n) is 5.62. The highest BCUT2D eigenvalue weighted by Gasteiger charge is 2.52. The van der Waals surface area contributed by atoms with E-state index in [2.05, 4.69) is 35.5 Å². The van der Waals surface area contributed by atoms with Crippen molar-refractivity contribution in [3.63, 3.8) is 0 Å². The minimum atomic E-state index is -0.573. The molecule has 2 aliphatic heterocycles. The standard InChI is InChI=1S/C16H28N4O2S/c1-18(2)12-10-19(11-13(12)23-3)8-9-20-14(21)16(17-15(20)22)6-4-5-7-16/h12-13H,4-11H2,1-3H3,(H,17,22)/t12-,13-/m1/s1. The van der Waals surface area contributed by atoms with E-state index in [1.165, 1.54) is 4.90 Å². The van der Waals surface area contributed by atoms with Crippen molar-refractivity contribution in [1.82, 2.24) is 20.0 Å². The van der Waals surface area contributed by atoms with Crippen molar-refractivity contribution in [2.75, 3.05) is 46.5 Å². The van der Waals surface area contributed by atoms with E-state index < -0.39 is 5.54 Å². The van der Waals surface area contributed by atoms with Crippen LogP contribution in [0, 0.1) is 0 Å². The van der Waals surface area contributed by atoms with Gasteiger partial charge >= 0.3 is 6.03 Å². The molecule has 0 bridgehead atoms. The molecule has 0 unspecified atom stereocenters. The van der Waals surface area contributed by atoms with Crippen LogP contribution >= 0.6 is 11.8 Å². The molecule has 23 heavy (non-hydrogen) atoms. The maximum Gasteiger partial charge on any atom is 0.325 e. The first kappa shape index (κ1) is 17.0. The van der Waals surface area contributed by atoms with Gasteiger partial charge in [-0.2, -0.15) is 11.8 Å². The number of nitrogens with one attached hydrogen (secondary N) is 1. The van der Waals surface area contributed by atoms with Gasteiger partial charge in [-0.05, 0) is 33.2 Å². The largest absolute Gasteiger partial charge is 0.325 e. The summed E-state index contributed by atoms with van der Waals surface area (Å²) in [6, 6.07) is 0.343. The zero-order chi connectivity index (χ0) is 16.6. The number of imide groups is 1. The topological polar surface area (TPSA) is 55.9 Å². The first-order valence-corrected chi connectivity index (χ1v) is 9.81. The molecule has 0 aromatic rings. The Morgan fingerprint density at radius 1 is 1.22 bits per heavy atom. The van der Waals surface area contributed by atoms with Crippen LogP contribution < -0.4 is 5.32 Å². The second-order valence-corrected chi connectivity index (χ2v) is 8.32. The number of urea groups is 1. The van der Waals surface area contributed by atoms with Gasteiger partial charge in [-0.1, -0.05) is 12.8 Å². The second-order valence-electron chi connectivity index (χ2n) is 7.24. The average Bonchev–Trinajstić information content (AvgIpc) is 3.19. The molecular formula is C16H28N4O2S. The van der Waals surface area contributed by atoms with Crippen LogP contribution in [0.15, 0.2) is 0 Å². The van der Waals surface area contributed by atoms with Crippen molar-refractivity contribution in [3.05, 3.63) is 0 Å². The number of carbonyl (C=O) groups is 2. The van der Waals surface area contributed by atoms with Gasteiger partial charge in [0.2, 0.25) is 0 Å². The third-order valence-corrected chi connectivity index (χ3v) is 6.69. The minimum absolute atomic E-state index is 0.00442. The van der Waals surface area contributed by atoms with Crippen LogP contribution in [0.3, 0.4) is 0 Å². The van der Waals surface area contributed by atoms with Crippen LogP contribution in [0.5, 0.6) is 0 Å². The normalized spacial score (nSPS) is 30.9. The Labute approximate surface area is 142 Å². The van der Waals surface area contributed by atoms with Crippen LogP contribution in [0.4, 0.5) is 4.79 Å². The van der Waals surface area contributed by atoms with Crippen LogP contribution in [0.2, 0.25) is 0 Å². The number of hydrogen-bond donors (Lipinski definition) is 1. The fourth-order valence-corrected chi connectivity index (χ4v) is 5.18. The van der Waals surface area contributed by atoms with Crippen molar-refractivity contribution in [2.24, 2.45) is 0 Å². The molecule has 130 valence electrons. The smallest absolute Gasteiger partial charge is 0.323 e. The Kier molecular flexibility index (Phi) is 4.90. The summed E-state index contributed by atoms with van der Waals surface area (Å²) in [5, 5.41) is 3.55. The van der Waals surface area contributed by atoms with Gasteiger partial charge in [0.25, 0.3) is 5.91 Å². The van der Waals surface area contributed by atoms with Crippen molar-refractivity contribution < 1.29 is 9.59 Å². The number of nitrogens with zero attached hydrogens (tertiary/aromatic N) is 3. The third kappa shape index (κ3) is 3.10. The summed E-state index contributed by atoms with van der Waals surface area (Å²) < 4.78 is 0. The van der Waals surface area contributed by atoms with Gasteiger partial charge in [-0.15, -0.1) is 0 Å². The van der Waals surface area contributed by atoms with Crippen molar-refractivity contribution >= 4 is 23.7 Å². The Bertz CT molecular complexity index is 479. The van der Waals surface area contributed by atoms with E-state index in [4.69, 9.17) is 0 Å². The van der Waals surface area contributed by atoms with Gasteiger partial charge in [0.1, 0.15) is 5.54 Å².